The zero-order chi connectivity index (χ0) is 32.7. The van der Waals surface area contributed by atoms with Gasteiger partial charge in [-0.1, -0.05) is 0 Å². The van der Waals surface area contributed by atoms with Crippen molar-refractivity contribution in [3.05, 3.63) is 11.8 Å². The Balaban J connectivity index is 1.65. The van der Waals surface area contributed by atoms with E-state index >= 15 is 0 Å². The summed E-state index contributed by atoms with van der Waals surface area (Å²) in [5.41, 5.74) is 2.27. The monoisotopic (exact) mass is 627 g/mol. The summed E-state index contributed by atoms with van der Waals surface area (Å²) in [6.45, 7) is 12.3. The minimum absolute atomic E-state index is 0.0363. The molecule has 1 unspecified atom stereocenters. The van der Waals surface area contributed by atoms with Gasteiger partial charge in [0.1, 0.15) is 23.1 Å². The van der Waals surface area contributed by atoms with Crippen molar-refractivity contribution >= 4 is 18.1 Å². The second-order valence-corrected chi connectivity index (χ2v) is 13.9. The Kier molecular flexibility index (Phi) is 12.3. The van der Waals surface area contributed by atoms with Crippen molar-refractivity contribution in [1.29, 1.82) is 0 Å². The van der Waals surface area contributed by atoms with Crippen molar-refractivity contribution in [1.82, 2.24) is 20.9 Å². The fourth-order valence-electron chi connectivity index (χ4n) is 5.40. The van der Waals surface area contributed by atoms with Crippen LogP contribution >= 0.6 is 0 Å². The van der Waals surface area contributed by atoms with Crippen LogP contribution in [-0.2, 0) is 23.7 Å². The first kappa shape index (κ1) is 35.8. The summed E-state index contributed by atoms with van der Waals surface area (Å²) in [6.07, 6.45) is 0.625. The minimum Gasteiger partial charge on any atom is -0.468 e. The SMILES string of the molecule is CC(C)(C)OC(=O)N[C@H]1C[C@@H](NC(=O)C2(O)CCN(C(=O)OC(C)(C)C)C2)C[C@@H](O)[C@@H]1O[C@@H]1CCC=C(CNCCCN)O1. The fraction of sp³-hybridized carbons (Fsp3) is 0.833. The number of rotatable bonds is 10. The van der Waals surface area contributed by atoms with Crippen molar-refractivity contribution < 1.29 is 43.5 Å². The lowest BCUT2D eigenvalue weighted by molar-refractivity contribution is -0.198. The highest BCUT2D eigenvalue weighted by atomic mass is 16.7. The summed E-state index contributed by atoms with van der Waals surface area (Å²) in [6, 6.07) is -1.35. The molecule has 0 radical (unpaired) electrons. The molecule has 14 nitrogen and oxygen atoms in total. The first-order valence-corrected chi connectivity index (χ1v) is 15.6. The maximum atomic E-state index is 13.3. The molecular weight excluding hydrogens is 574 g/mol. The topological polar surface area (TPSA) is 194 Å². The zero-order valence-electron chi connectivity index (χ0n) is 27.0. The number of likely N-dealkylation sites (tertiary alicyclic amines) is 1. The molecule has 3 rings (SSSR count). The largest absolute Gasteiger partial charge is 0.468 e. The van der Waals surface area contributed by atoms with Crippen molar-refractivity contribution in [3.63, 3.8) is 0 Å². The third-order valence-corrected chi connectivity index (χ3v) is 7.42. The minimum atomic E-state index is -1.82. The normalized spacial score (nSPS) is 29.3. The van der Waals surface area contributed by atoms with Gasteiger partial charge in [0, 0.05) is 25.4 Å². The Bertz CT molecular complexity index is 1030. The van der Waals surface area contributed by atoms with E-state index in [-0.39, 0.29) is 32.4 Å². The third-order valence-electron chi connectivity index (χ3n) is 7.42. The molecule has 1 saturated heterocycles. The van der Waals surface area contributed by atoms with E-state index in [0.29, 0.717) is 19.5 Å². The molecule has 14 heteroatoms. The van der Waals surface area contributed by atoms with E-state index < -0.39 is 65.5 Å². The van der Waals surface area contributed by atoms with Crippen LogP contribution < -0.4 is 21.7 Å². The van der Waals surface area contributed by atoms with Crippen LogP contribution in [0.2, 0.25) is 0 Å². The fourth-order valence-corrected chi connectivity index (χ4v) is 5.40. The van der Waals surface area contributed by atoms with Gasteiger partial charge in [0.15, 0.2) is 11.9 Å². The molecule has 2 fully saturated rings. The molecular formula is C30H53N5O9. The van der Waals surface area contributed by atoms with E-state index in [4.69, 9.17) is 24.7 Å². The highest BCUT2D eigenvalue weighted by Crippen LogP contribution is 2.29. The van der Waals surface area contributed by atoms with E-state index in [9.17, 15) is 24.6 Å². The van der Waals surface area contributed by atoms with Gasteiger partial charge in [-0.2, -0.15) is 0 Å². The van der Waals surface area contributed by atoms with Crippen LogP contribution in [0.5, 0.6) is 0 Å². The molecule has 2 aliphatic heterocycles. The number of hydrogen-bond donors (Lipinski definition) is 6. The number of aliphatic hydroxyl groups is 2. The molecule has 44 heavy (non-hydrogen) atoms. The summed E-state index contributed by atoms with van der Waals surface area (Å²) in [5, 5.41) is 31.3. The molecule has 1 saturated carbocycles. The number of nitrogens with zero attached hydrogens (tertiary/aromatic N) is 1. The molecule has 6 atom stereocenters. The van der Waals surface area contributed by atoms with E-state index in [1.54, 1.807) is 41.5 Å². The first-order valence-electron chi connectivity index (χ1n) is 15.6. The van der Waals surface area contributed by atoms with Crippen LogP contribution in [0.15, 0.2) is 11.8 Å². The highest BCUT2D eigenvalue weighted by Gasteiger charge is 2.48. The van der Waals surface area contributed by atoms with E-state index in [1.165, 1.54) is 4.90 Å². The van der Waals surface area contributed by atoms with Crippen LogP contribution in [0.25, 0.3) is 0 Å². The smallest absolute Gasteiger partial charge is 0.410 e. The lowest BCUT2D eigenvalue weighted by atomic mass is 9.85. The lowest BCUT2D eigenvalue weighted by Gasteiger charge is -2.42. The van der Waals surface area contributed by atoms with Gasteiger partial charge in [-0.15, -0.1) is 0 Å². The second kappa shape index (κ2) is 15.1. The lowest BCUT2D eigenvalue weighted by Crippen LogP contribution is -2.61. The van der Waals surface area contributed by atoms with Crippen LogP contribution in [0.1, 0.15) is 80.1 Å². The van der Waals surface area contributed by atoms with Crippen LogP contribution in [0, 0.1) is 0 Å². The summed E-state index contributed by atoms with van der Waals surface area (Å²) < 4.78 is 23.1. The van der Waals surface area contributed by atoms with Gasteiger partial charge in [0.05, 0.1) is 25.2 Å². The Morgan fingerprint density at radius 1 is 1.11 bits per heavy atom. The Morgan fingerprint density at radius 2 is 1.82 bits per heavy atom. The van der Waals surface area contributed by atoms with E-state index in [2.05, 4.69) is 16.0 Å². The molecule has 0 aromatic carbocycles. The number of nitrogens with two attached hydrogens (primary N) is 1. The maximum absolute atomic E-state index is 13.3. The van der Waals surface area contributed by atoms with Crippen LogP contribution in [0.4, 0.5) is 9.59 Å². The number of allylic oxidation sites excluding steroid dienone is 1. The summed E-state index contributed by atoms with van der Waals surface area (Å²) in [7, 11) is 0. The number of carbonyl (C=O) groups excluding carboxylic acids is 3. The summed E-state index contributed by atoms with van der Waals surface area (Å²) in [5.74, 6) is 0.0688. The van der Waals surface area contributed by atoms with E-state index in [0.717, 1.165) is 25.1 Å². The third kappa shape index (κ3) is 11.1. The van der Waals surface area contributed by atoms with Crippen molar-refractivity contribution in [3.8, 4) is 0 Å². The van der Waals surface area contributed by atoms with E-state index in [1.807, 2.05) is 6.08 Å². The average Bonchev–Trinajstić information content (AvgIpc) is 3.30. The molecule has 2 heterocycles. The molecule has 1 aliphatic carbocycles. The standard InChI is InChI=1S/C30H53N5O9/c1-28(2,3)43-26(38)34-21-15-19(33-25(37)30(40)11-14-35(18-30)27(39)44-29(4,5)6)16-22(36)24(21)42-23-10-7-9-20(41-23)17-32-13-8-12-31/h9,19,21-24,32,36,40H,7-8,10-18,31H2,1-6H3,(H,33,37)(H,34,38)/t19-,21+,22-,23-,24-,30?/m1/s1. The molecule has 3 aliphatic rings. The predicted octanol–water partition coefficient (Wildman–Crippen LogP) is 1.24. The summed E-state index contributed by atoms with van der Waals surface area (Å²) in [4.78, 5) is 39.8. The Labute approximate surface area is 260 Å². The molecule has 0 spiro atoms. The molecule has 0 aromatic heterocycles. The molecule has 252 valence electrons. The second-order valence-electron chi connectivity index (χ2n) is 13.9. The first-order chi connectivity index (χ1) is 20.5. The van der Waals surface area contributed by atoms with Gasteiger partial charge < -0.3 is 55.7 Å². The van der Waals surface area contributed by atoms with Crippen molar-refractivity contribution in [2.75, 3.05) is 32.7 Å². The maximum Gasteiger partial charge on any atom is 0.410 e. The van der Waals surface area contributed by atoms with Gasteiger partial charge in [0.2, 0.25) is 0 Å². The Morgan fingerprint density at radius 3 is 2.48 bits per heavy atom. The molecule has 3 amide bonds. The number of carbonyl (C=O) groups is 3. The van der Waals surface area contributed by atoms with Crippen molar-refractivity contribution in [2.45, 2.75) is 127 Å². The molecule has 0 bridgehead atoms. The number of ether oxygens (including phenoxy) is 4. The van der Waals surface area contributed by atoms with Crippen LogP contribution in [-0.4, -0.2) is 113 Å². The number of alkyl carbamates (subject to hydrolysis) is 1. The average molecular weight is 628 g/mol. The van der Waals surface area contributed by atoms with Crippen molar-refractivity contribution in [2.24, 2.45) is 5.73 Å². The van der Waals surface area contributed by atoms with Gasteiger partial charge in [-0.05, 0) is 86.4 Å². The number of hydrogen-bond acceptors (Lipinski definition) is 11. The molecule has 0 aromatic rings. The number of β-amino-alcohol motifs (C(OH)–C–C–N with tert-alkyl or cyclic N) is 1. The predicted molar refractivity (Wildman–Crippen MR) is 161 cm³/mol. The van der Waals surface area contributed by atoms with Gasteiger partial charge in [-0.25, -0.2) is 9.59 Å². The highest BCUT2D eigenvalue weighted by molar-refractivity contribution is 5.87. The number of nitrogens with one attached hydrogen (secondary N) is 3. The Hall–Kier alpha value is -2.65. The van der Waals surface area contributed by atoms with Gasteiger partial charge in [-0.3, -0.25) is 4.79 Å². The van der Waals surface area contributed by atoms with Gasteiger partial charge in [0.25, 0.3) is 5.91 Å². The zero-order valence-corrected chi connectivity index (χ0v) is 27.0. The number of aliphatic hydroxyl groups excluding tert-OH is 1. The van der Waals surface area contributed by atoms with Crippen LogP contribution in [0.3, 0.4) is 0 Å². The quantitative estimate of drug-likeness (QED) is 0.191. The number of amides is 3. The summed E-state index contributed by atoms with van der Waals surface area (Å²) >= 11 is 0. The molecule has 7 N–H and O–H groups in total. The van der Waals surface area contributed by atoms with Gasteiger partial charge >= 0.3 is 12.2 Å².